The molecule has 13 heavy (non-hydrogen) atoms. The fraction of sp³-hybridized carbons (Fsp3) is 0.500. The third-order valence-electron chi connectivity index (χ3n) is 2.68. The molecule has 2 unspecified atom stereocenters. The molecule has 2 atom stereocenters. The van der Waals surface area contributed by atoms with E-state index >= 15 is 0 Å². The van der Waals surface area contributed by atoms with Crippen molar-refractivity contribution in [2.75, 3.05) is 20.1 Å². The Morgan fingerprint density at radius 2 is 2.08 bits per heavy atom. The normalized spacial score (nSPS) is 29.4. The van der Waals surface area contributed by atoms with Crippen molar-refractivity contribution in [3.8, 4) is 0 Å². The average Bonchev–Trinajstić information content (AvgIpc) is 2.47. The summed E-state index contributed by atoms with van der Waals surface area (Å²) in [5, 5.41) is 0. The third-order valence-corrected chi connectivity index (χ3v) is 2.68. The highest BCUT2D eigenvalue weighted by molar-refractivity contribution is 5.20. The van der Waals surface area contributed by atoms with Gasteiger partial charge in [0.25, 0.3) is 0 Å². The highest BCUT2D eigenvalue weighted by Crippen LogP contribution is 2.24. The van der Waals surface area contributed by atoms with Crippen LogP contribution in [0.15, 0.2) is 24.5 Å². The fourth-order valence-corrected chi connectivity index (χ4v) is 2.00. The zero-order valence-electron chi connectivity index (χ0n) is 7.85. The lowest BCUT2D eigenvalue weighted by Crippen LogP contribution is -2.27. The lowest BCUT2D eigenvalue weighted by Gasteiger charge is -2.13. The van der Waals surface area contributed by atoms with Crippen molar-refractivity contribution < 1.29 is 0 Å². The molecule has 1 aromatic heterocycles. The molecular weight excluding hydrogens is 162 g/mol. The second kappa shape index (κ2) is 3.44. The van der Waals surface area contributed by atoms with Gasteiger partial charge in [-0.25, -0.2) is 0 Å². The summed E-state index contributed by atoms with van der Waals surface area (Å²) in [4.78, 5) is 6.28. The van der Waals surface area contributed by atoms with Gasteiger partial charge in [0, 0.05) is 37.4 Å². The van der Waals surface area contributed by atoms with Crippen LogP contribution in [0.3, 0.4) is 0 Å². The van der Waals surface area contributed by atoms with Gasteiger partial charge in [0.15, 0.2) is 0 Å². The molecule has 3 heteroatoms. The van der Waals surface area contributed by atoms with Gasteiger partial charge in [-0.3, -0.25) is 4.98 Å². The predicted octanol–water partition coefficient (Wildman–Crippen LogP) is 0.438. The number of aromatic nitrogens is 1. The Morgan fingerprint density at radius 1 is 1.38 bits per heavy atom. The van der Waals surface area contributed by atoms with Gasteiger partial charge in [-0.15, -0.1) is 0 Å². The van der Waals surface area contributed by atoms with E-state index in [-0.39, 0.29) is 6.04 Å². The molecule has 1 aliphatic heterocycles. The molecule has 0 aliphatic carbocycles. The van der Waals surface area contributed by atoms with Crippen LogP contribution < -0.4 is 5.73 Å². The topological polar surface area (TPSA) is 42.1 Å². The highest BCUT2D eigenvalue weighted by Gasteiger charge is 2.28. The van der Waals surface area contributed by atoms with E-state index in [1.807, 2.05) is 12.4 Å². The summed E-state index contributed by atoms with van der Waals surface area (Å²) in [5.74, 6) is 0.480. The van der Waals surface area contributed by atoms with Crippen LogP contribution in [0.2, 0.25) is 0 Å². The first-order chi connectivity index (χ1) is 6.27. The van der Waals surface area contributed by atoms with Crippen molar-refractivity contribution in [1.29, 1.82) is 0 Å². The Kier molecular flexibility index (Phi) is 2.29. The second-order valence-corrected chi connectivity index (χ2v) is 3.77. The molecule has 1 aromatic rings. The van der Waals surface area contributed by atoms with Crippen molar-refractivity contribution in [1.82, 2.24) is 9.88 Å². The van der Waals surface area contributed by atoms with Gasteiger partial charge < -0.3 is 10.6 Å². The van der Waals surface area contributed by atoms with Gasteiger partial charge in [-0.2, -0.15) is 0 Å². The third kappa shape index (κ3) is 1.71. The molecule has 1 saturated heterocycles. The number of hydrogen-bond acceptors (Lipinski definition) is 3. The van der Waals surface area contributed by atoms with Crippen LogP contribution in [0.5, 0.6) is 0 Å². The molecule has 70 valence electrons. The first-order valence-electron chi connectivity index (χ1n) is 4.61. The Labute approximate surface area is 78.6 Å². The van der Waals surface area contributed by atoms with Crippen molar-refractivity contribution in [3.05, 3.63) is 30.1 Å². The minimum Gasteiger partial charge on any atom is -0.326 e. The van der Waals surface area contributed by atoms with E-state index in [9.17, 15) is 0 Å². The number of likely N-dealkylation sites (N-methyl/N-ethyl adjacent to an activating group) is 1. The van der Waals surface area contributed by atoms with Crippen LogP contribution in [0.1, 0.15) is 11.5 Å². The van der Waals surface area contributed by atoms with Gasteiger partial charge in [-0.05, 0) is 24.7 Å². The SMILES string of the molecule is CN1CC(N)C(c2ccncc2)C1. The Hall–Kier alpha value is -0.930. The second-order valence-electron chi connectivity index (χ2n) is 3.77. The lowest BCUT2D eigenvalue weighted by atomic mass is 9.96. The van der Waals surface area contributed by atoms with Gasteiger partial charge in [0.1, 0.15) is 0 Å². The van der Waals surface area contributed by atoms with Crippen molar-refractivity contribution in [3.63, 3.8) is 0 Å². The summed E-state index contributed by atoms with van der Waals surface area (Å²) < 4.78 is 0. The molecule has 0 bridgehead atoms. The van der Waals surface area contributed by atoms with Crippen LogP contribution in [-0.4, -0.2) is 36.1 Å². The molecule has 0 saturated carbocycles. The molecule has 0 aromatic carbocycles. The zero-order chi connectivity index (χ0) is 9.26. The van der Waals surface area contributed by atoms with Crippen LogP contribution in [0.25, 0.3) is 0 Å². The summed E-state index contributed by atoms with van der Waals surface area (Å²) in [6.07, 6.45) is 3.67. The molecule has 2 heterocycles. The molecule has 2 N–H and O–H groups in total. The minimum absolute atomic E-state index is 0.271. The monoisotopic (exact) mass is 177 g/mol. The molecule has 2 rings (SSSR count). The molecule has 1 fully saturated rings. The summed E-state index contributed by atoms with van der Waals surface area (Å²) in [6.45, 7) is 2.05. The van der Waals surface area contributed by atoms with Crippen LogP contribution in [0.4, 0.5) is 0 Å². The highest BCUT2D eigenvalue weighted by atomic mass is 15.1. The standard InChI is InChI=1S/C10H15N3/c1-13-6-9(10(11)7-13)8-2-4-12-5-3-8/h2-5,9-10H,6-7,11H2,1H3. The van der Waals surface area contributed by atoms with E-state index in [4.69, 9.17) is 5.73 Å². The number of pyridine rings is 1. The van der Waals surface area contributed by atoms with Crippen LogP contribution in [0, 0.1) is 0 Å². The zero-order valence-corrected chi connectivity index (χ0v) is 7.85. The first-order valence-corrected chi connectivity index (χ1v) is 4.61. The van der Waals surface area contributed by atoms with Gasteiger partial charge in [0.2, 0.25) is 0 Å². The summed E-state index contributed by atoms with van der Waals surface area (Å²) >= 11 is 0. The molecular formula is C10H15N3. The van der Waals surface area contributed by atoms with E-state index in [1.54, 1.807) is 0 Å². The number of nitrogens with two attached hydrogens (primary N) is 1. The maximum Gasteiger partial charge on any atom is 0.0270 e. The molecule has 1 aliphatic rings. The summed E-state index contributed by atoms with van der Waals surface area (Å²) in [7, 11) is 2.11. The molecule has 3 nitrogen and oxygen atoms in total. The van der Waals surface area contributed by atoms with E-state index in [0.29, 0.717) is 5.92 Å². The minimum atomic E-state index is 0.271. The van der Waals surface area contributed by atoms with Crippen molar-refractivity contribution >= 4 is 0 Å². The number of hydrogen-bond donors (Lipinski definition) is 1. The Bertz CT molecular complexity index is 273. The fourth-order valence-electron chi connectivity index (χ4n) is 2.00. The largest absolute Gasteiger partial charge is 0.326 e. The summed E-state index contributed by atoms with van der Waals surface area (Å²) in [6, 6.07) is 4.39. The van der Waals surface area contributed by atoms with Crippen LogP contribution in [-0.2, 0) is 0 Å². The Balaban J connectivity index is 2.18. The van der Waals surface area contributed by atoms with Crippen LogP contribution >= 0.6 is 0 Å². The molecule has 0 radical (unpaired) electrons. The summed E-state index contributed by atoms with van der Waals surface area (Å²) in [5.41, 5.74) is 7.35. The lowest BCUT2D eigenvalue weighted by molar-refractivity contribution is 0.407. The van der Waals surface area contributed by atoms with E-state index in [0.717, 1.165) is 13.1 Å². The maximum atomic E-state index is 6.04. The van der Waals surface area contributed by atoms with E-state index in [1.165, 1.54) is 5.56 Å². The number of likely N-dealkylation sites (tertiary alicyclic amines) is 1. The first kappa shape index (κ1) is 8.66. The predicted molar refractivity (Wildman–Crippen MR) is 52.5 cm³/mol. The van der Waals surface area contributed by atoms with E-state index in [2.05, 4.69) is 29.1 Å². The molecule has 0 amide bonds. The number of rotatable bonds is 1. The van der Waals surface area contributed by atoms with Gasteiger partial charge >= 0.3 is 0 Å². The quantitative estimate of drug-likeness (QED) is 0.676. The average molecular weight is 177 g/mol. The van der Waals surface area contributed by atoms with Crippen molar-refractivity contribution in [2.24, 2.45) is 5.73 Å². The Morgan fingerprint density at radius 3 is 2.62 bits per heavy atom. The maximum absolute atomic E-state index is 6.04. The van der Waals surface area contributed by atoms with Gasteiger partial charge in [-0.1, -0.05) is 0 Å². The van der Waals surface area contributed by atoms with Crippen molar-refractivity contribution in [2.45, 2.75) is 12.0 Å². The van der Waals surface area contributed by atoms with E-state index < -0.39 is 0 Å². The van der Waals surface area contributed by atoms with Gasteiger partial charge in [0.05, 0.1) is 0 Å². The number of nitrogens with zero attached hydrogens (tertiary/aromatic N) is 2. The molecule has 0 spiro atoms. The smallest absolute Gasteiger partial charge is 0.0270 e.